The maximum Gasteiger partial charge on any atom is 0.233 e. The second-order valence-corrected chi connectivity index (χ2v) is 7.21. The predicted molar refractivity (Wildman–Crippen MR) is 99.2 cm³/mol. The molecule has 3 heterocycles. The first-order chi connectivity index (χ1) is 13.5. The lowest BCUT2D eigenvalue weighted by Gasteiger charge is -2.21. The summed E-state index contributed by atoms with van der Waals surface area (Å²) < 4.78 is 18.9. The van der Waals surface area contributed by atoms with Crippen molar-refractivity contribution in [3.63, 3.8) is 0 Å². The molecule has 0 saturated carbocycles. The van der Waals surface area contributed by atoms with Gasteiger partial charge in [0.2, 0.25) is 17.7 Å². The molecular formula is C20H21FN4O3. The third-order valence-corrected chi connectivity index (χ3v) is 5.13. The average molecular weight is 384 g/mol. The normalized spacial score (nSPS) is 22.0. The number of carbonyl (C=O) groups excluding carboxylic acids is 2. The van der Waals surface area contributed by atoms with Crippen molar-refractivity contribution in [2.24, 2.45) is 5.92 Å². The highest BCUT2D eigenvalue weighted by Crippen LogP contribution is 2.28. The second kappa shape index (κ2) is 7.53. The predicted octanol–water partition coefficient (Wildman–Crippen LogP) is 1.96. The van der Waals surface area contributed by atoms with Crippen molar-refractivity contribution >= 4 is 17.5 Å². The number of likely N-dealkylation sites (tertiary alicyclic amines) is 1. The number of halogens is 1. The first kappa shape index (κ1) is 18.3. The van der Waals surface area contributed by atoms with E-state index >= 15 is 0 Å². The van der Waals surface area contributed by atoms with Crippen LogP contribution in [0.3, 0.4) is 0 Å². The Morgan fingerprint density at radius 1 is 1.14 bits per heavy atom. The van der Waals surface area contributed by atoms with Crippen LogP contribution in [0.5, 0.6) is 5.88 Å². The van der Waals surface area contributed by atoms with Crippen molar-refractivity contribution in [2.75, 3.05) is 24.5 Å². The van der Waals surface area contributed by atoms with Gasteiger partial charge in [0.05, 0.1) is 18.2 Å². The molecule has 0 aliphatic carbocycles. The molecule has 0 bridgehead atoms. The van der Waals surface area contributed by atoms with Gasteiger partial charge in [-0.1, -0.05) is 0 Å². The van der Waals surface area contributed by atoms with E-state index in [0.29, 0.717) is 37.6 Å². The molecule has 7 nitrogen and oxygen atoms in total. The van der Waals surface area contributed by atoms with Crippen LogP contribution in [-0.2, 0) is 9.59 Å². The molecule has 2 aromatic rings. The lowest BCUT2D eigenvalue weighted by molar-refractivity contribution is -0.135. The minimum Gasteiger partial charge on any atom is -0.471 e. The van der Waals surface area contributed by atoms with Crippen molar-refractivity contribution in [1.82, 2.24) is 15.1 Å². The van der Waals surface area contributed by atoms with Crippen LogP contribution in [0.1, 0.15) is 18.5 Å². The van der Waals surface area contributed by atoms with Gasteiger partial charge in [-0.05, 0) is 37.3 Å². The van der Waals surface area contributed by atoms with E-state index in [2.05, 4.69) is 10.2 Å². The molecule has 1 aromatic heterocycles. The Labute approximate surface area is 162 Å². The number of aryl methyl sites for hydroxylation is 1. The van der Waals surface area contributed by atoms with E-state index < -0.39 is 5.92 Å². The number of amides is 2. The van der Waals surface area contributed by atoms with Crippen LogP contribution < -0.4 is 9.64 Å². The van der Waals surface area contributed by atoms with Crippen LogP contribution in [0.25, 0.3) is 0 Å². The van der Waals surface area contributed by atoms with Gasteiger partial charge in [0.1, 0.15) is 11.9 Å². The molecule has 2 saturated heterocycles. The molecule has 28 heavy (non-hydrogen) atoms. The van der Waals surface area contributed by atoms with E-state index in [1.165, 1.54) is 12.1 Å². The van der Waals surface area contributed by atoms with Gasteiger partial charge in [-0.2, -0.15) is 5.10 Å². The molecule has 0 spiro atoms. The fraction of sp³-hybridized carbons (Fsp3) is 0.400. The van der Waals surface area contributed by atoms with Crippen molar-refractivity contribution < 1.29 is 18.7 Å². The number of rotatable bonds is 4. The van der Waals surface area contributed by atoms with Crippen LogP contribution in [0.4, 0.5) is 10.1 Å². The number of carbonyl (C=O) groups is 2. The molecule has 4 rings (SSSR count). The summed E-state index contributed by atoms with van der Waals surface area (Å²) in [7, 11) is 0. The molecule has 2 aliphatic rings. The number of ether oxygens (including phenoxy) is 1. The van der Waals surface area contributed by atoms with Gasteiger partial charge in [0.15, 0.2) is 0 Å². The van der Waals surface area contributed by atoms with E-state index in [0.717, 1.165) is 5.69 Å². The summed E-state index contributed by atoms with van der Waals surface area (Å²) in [6, 6.07) is 9.34. The molecule has 146 valence electrons. The summed E-state index contributed by atoms with van der Waals surface area (Å²) in [4.78, 5) is 28.5. The quantitative estimate of drug-likeness (QED) is 0.806. The summed E-state index contributed by atoms with van der Waals surface area (Å²) in [6.45, 7) is 3.22. The highest BCUT2D eigenvalue weighted by atomic mass is 19.1. The van der Waals surface area contributed by atoms with Gasteiger partial charge in [0, 0.05) is 37.7 Å². The highest BCUT2D eigenvalue weighted by molar-refractivity contribution is 6.00. The largest absolute Gasteiger partial charge is 0.471 e. The van der Waals surface area contributed by atoms with Gasteiger partial charge in [-0.15, -0.1) is 5.10 Å². The van der Waals surface area contributed by atoms with Crippen molar-refractivity contribution in [3.05, 3.63) is 47.9 Å². The van der Waals surface area contributed by atoms with Crippen LogP contribution in [0.2, 0.25) is 0 Å². The number of hydrogen-bond acceptors (Lipinski definition) is 5. The zero-order chi connectivity index (χ0) is 19.7. The average Bonchev–Trinajstić information content (AvgIpc) is 3.31. The van der Waals surface area contributed by atoms with Crippen LogP contribution in [0.15, 0.2) is 36.4 Å². The molecule has 0 N–H and O–H groups in total. The number of anilines is 1. The fourth-order valence-corrected chi connectivity index (χ4v) is 3.65. The highest BCUT2D eigenvalue weighted by Gasteiger charge is 2.39. The lowest BCUT2D eigenvalue weighted by atomic mass is 10.1. The van der Waals surface area contributed by atoms with Gasteiger partial charge in [-0.25, -0.2) is 4.39 Å². The molecule has 2 fully saturated rings. The summed E-state index contributed by atoms with van der Waals surface area (Å²) in [5.74, 6) is -0.464. The third kappa shape index (κ3) is 3.81. The molecule has 2 atom stereocenters. The Balaban J connectivity index is 1.35. The Bertz CT molecular complexity index is 872. The minimum absolute atomic E-state index is 0.0425. The SMILES string of the molecule is Cc1ccc(OC2CCN(C(=O)C3CC(=O)N(c4ccc(F)cc4)C3)C2)nn1. The molecular weight excluding hydrogens is 363 g/mol. The minimum atomic E-state index is -0.393. The summed E-state index contributed by atoms with van der Waals surface area (Å²) in [5.41, 5.74) is 1.43. The van der Waals surface area contributed by atoms with E-state index in [1.807, 2.05) is 13.0 Å². The monoisotopic (exact) mass is 384 g/mol. The fourth-order valence-electron chi connectivity index (χ4n) is 3.65. The molecule has 2 aliphatic heterocycles. The maximum atomic E-state index is 13.1. The molecule has 2 unspecified atom stereocenters. The second-order valence-electron chi connectivity index (χ2n) is 7.21. The molecule has 0 radical (unpaired) electrons. The van der Waals surface area contributed by atoms with Crippen LogP contribution >= 0.6 is 0 Å². The Kier molecular flexibility index (Phi) is 4.93. The Morgan fingerprint density at radius 2 is 1.93 bits per heavy atom. The van der Waals surface area contributed by atoms with Gasteiger partial charge < -0.3 is 14.5 Å². The standard InChI is InChI=1S/C20H21FN4O3/c1-13-2-7-18(23-22-13)28-17-8-9-24(12-17)20(27)14-10-19(26)25(11-14)16-5-3-15(21)4-6-16/h2-7,14,17H,8-12H2,1H3. The van der Waals surface area contributed by atoms with E-state index in [9.17, 15) is 14.0 Å². The number of nitrogens with zero attached hydrogens (tertiary/aromatic N) is 4. The van der Waals surface area contributed by atoms with Crippen molar-refractivity contribution in [2.45, 2.75) is 25.9 Å². The van der Waals surface area contributed by atoms with E-state index in [4.69, 9.17) is 4.74 Å². The lowest BCUT2D eigenvalue weighted by Crippen LogP contribution is -2.37. The summed E-state index contributed by atoms with van der Waals surface area (Å²) in [6.07, 6.45) is 0.747. The van der Waals surface area contributed by atoms with Gasteiger partial charge in [-0.3, -0.25) is 9.59 Å². The Hall–Kier alpha value is -3.03. The Morgan fingerprint density at radius 3 is 2.64 bits per heavy atom. The first-order valence-corrected chi connectivity index (χ1v) is 9.31. The number of benzene rings is 1. The summed E-state index contributed by atoms with van der Waals surface area (Å²) in [5, 5.41) is 7.96. The van der Waals surface area contributed by atoms with Gasteiger partial charge >= 0.3 is 0 Å². The summed E-state index contributed by atoms with van der Waals surface area (Å²) >= 11 is 0. The molecule has 8 heteroatoms. The maximum absolute atomic E-state index is 13.1. The van der Waals surface area contributed by atoms with Crippen LogP contribution in [0, 0.1) is 18.7 Å². The van der Waals surface area contributed by atoms with Crippen molar-refractivity contribution in [1.29, 1.82) is 0 Å². The molecule has 1 aromatic carbocycles. The zero-order valence-corrected chi connectivity index (χ0v) is 15.5. The third-order valence-electron chi connectivity index (χ3n) is 5.13. The zero-order valence-electron chi connectivity index (χ0n) is 15.5. The van der Waals surface area contributed by atoms with E-state index in [-0.39, 0.29) is 30.2 Å². The number of aromatic nitrogens is 2. The smallest absolute Gasteiger partial charge is 0.233 e. The van der Waals surface area contributed by atoms with Gasteiger partial charge in [0.25, 0.3) is 0 Å². The van der Waals surface area contributed by atoms with Crippen molar-refractivity contribution in [3.8, 4) is 5.88 Å². The topological polar surface area (TPSA) is 75.6 Å². The molecule has 2 amide bonds. The van der Waals surface area contributed by atoms with Crippen LogP contribution in [-0.4, -0.2) is 52.6 Å². The van der Waals surface area contributed by atoms with E-state index in [1.54, 1.807) is 28.0 Å². The number of hydrogen-bond donors (Lipinski definition) is 0. The first-order valence-electron chi connectivity index (χ1n) is 9.31.